The topological polar surface area (TPSA) is 66.5 Å². The predicted molar refractivity (Wildman–Crippen MR) is 112 cm³/mol. The van der Waals surface area contributed by atoms with Crippen molar-refractivity contribution in [3.63, 3.8) is 0 Å². The van der Waals surface area contributed by atoms with Crippen molar-refractivity contribution >= 4 is 21.6 Å². The summed E-state index contributed by atoms with van der Waals surface area (Å²) < 4.78 is 27.5. The summed E-state index contributed by atoms with van der Waals surface area (Å²) in [7, 11) is -3.57. The standard InChI is InChI=1S/C22H28N2O3S/c1-15(2)19-9-7-8-17(4)21(19)23-22(25)18-11-10-16(3)20(14-18)28(26,27)24-12-5-6-13-24/h7-11,14-15H,5-6,12-13H2,1-4H3,(H,23,25). The van der Waals surface area contributed by atoms with Gasteiger partial charge in [-0.2, -0.15) is 4.31 Å². The summed E-state index contributed by atoms with van der Waals surface area (Å²) in [5, 5.41) is 3.00. The summed E-state index contributed by atoms with van der Waals surface area (Å²) >= 11 is 0. The highest BCUT2D eigenvalue weighted by Gasteiger charge is 2.29. The van der Waals surface area contributed by atoms with Gasteiger partial charge in [0, 0.05) is 24.3 Å². The number of para-hydroxylation sites is 1. The Labute approximate surface area is 167 Å². The second-order valence-electron chi connectivity index (χ2n) is 7.74. The zero-order valence-corrected chi connectivity index (χ0v) is 17.8. The van der Waals surface area contributed by atoms with Crippen LogP contribution in [0.2, 0.25) is 0 Å². The highest BCUT2D eigenvalue weighted by atomic mass is 32.2. The summed E-state index contributed by atoms with van der Waals surface area (Å²) in [5.74, 6) is -0.0339. The first-order valence-electron chi connectivity index (χ1n) is 9.73. The van der Waals surface area contributed by atoms with Gasteiger partial charge in [-0.05, 0) is 61.4 Å². The Morgan fingerprint density at radius 2 is 1.71 bits per heavy atom. The Morgan fingerprint density at radius 3 is 2.36 bits per heavy atom. The smallest absolute Gasteiger partial charge is 0.255 e. The number of hydrogen-bond donors (Lipinski definition) is 1. The molecule has 6 heteroatoms. The molecule has 1 aliphatic rings. The predicted octanol–water partition coefficient (Wildman–Crippen LogP) is 4.46. The van der Waals surface area contributed by atoms with Gasteiger partial charge in [-0.15, -0.1) is 0 Å². The van der Waals surface area contributed by atoms with E-state index in [0.717, 1.165) is 29.7 Å². The highest BCUT2D eigenvalue weighted by Crippen LogP contribution is 2.29. The number of nitrogens with zero attached hydrogens (tertiary/aromatic N) is 1. The Bertz CT molecular complexity index is 991. The molecule has 1 fully saturated rings. The van der Waals surface area contributed by atoms with Gasteiger partial charge in [0.25, 0.3) is 5.91 Å². The number of carbonyl (C=O) groups excluding carboxylic acids is 1. The summed E-state index contributed by atoms with van der Waals surface area (Å²) in [6.45, 7) is 8.97. The molecule has 2 aromatic rings. The van der Waals surface area contributed by atoms with E-state index in [9.17, 15) is 13.2 Å². The first kappa shape index (κ1) is 20.6. The van der Waals surface area contributed by atoms with E-state index >= 15 is 0 Å². The van der Waals surface area contributed by atoms with Crippen molar-refractivity contribution in [1.29, 1.82) is 0 Å². The molecule has 0 aromatic heterocycles. The van der Waals surface area contributed by atoms with E-state index in [0.29, 0.717) is 24.2 Å². The highest BCUT2D eigenvalue weighted by molar-refractivity contribution is 7.89. The van der Waals surface area contributed by atoms with Crippen LogP contribution in [0.15, 0.2) is 41.3 Å². The fraction of sp³-hybridized carbons (Fsp3) is 0.409. The summed E-state index contributed by atoms with van der Waals surface area (Å²) in [4.78, 5) is 13.2. The number of rotatable bonds is 5. The van der Waals surface area contributed by atoms with Crippen molar-refractivity contribution < 1.29 is 13.2 Å². The van der Waals surface area contributed by atoms with Gasteiger partial charge < -0.3 is 5.32 Å². The van der Waals surface area contributed by atoms with Crippen molar-refractivity contribution in [2.75, 3.05) is 18.4 Å². The molecule has 150 valence electrons. The van der Waals surface area contributed by atoms with Crippen molar-refractivity contribution in [1.82, 2.24) is 4.31 Å². The lowest BCUT2D eigenvalue weighted by molar-refractivity contribution is 0.102. The van der Waals surface area contributed by atoms with Gasteiger partial charge in [0.1, 0.15) is 0 Å². The lowest BCUT2D eigenvalue weighted by atomic mass is 9.98. The van der Waals surface area contributed by atoms with Crippen molar-refractivity contribution in [2.24, 2.45) is 0 Å². The molecule has 0 unspecified atom stereocenters. The van der Waals surface area contributed by atoms with Crippen molar-refractivity contribution in [2.45, 2.75) is 51.3 Å². The molecule has 1 saturated heterocycles. The van der Waals surface area contributed by atoms with Crippen molar-refractivity contribution in [3.8, 4) is 0 Å². The number of anilines is 1. The van der Waals surface area contributed by atoms with Gasteiger partial charge in [-0.25, -0.2) is 8.42 Å². The van der Waals surface area contributed by atoms with Crippen molar-refractivity contribution in [3.05, 3.63) is 58.7 Å². The third kappa shape index (κ3) is 3.98. The van der Waals surface area contributed by atoms with Crippen LogP contribution in [0.4, 0.5) is 5.69 Å². The Kier molecular flexibility index (Phi) is 5.91. The van der Waals surface area contributed by atoms with E-state index in [1.807, 2.05) is 25.1 Å². The third-order valence-electron chi connectivity index (χ3n) is 5.30. The number of benzene rings is 2. The van der Waals surface area contributed by atoms with Gasteiger partial charge in [0.05, 0.1) is 4.90 Å². The SMILES string of the molecule is Cc1ccc(C(=O)Nc2c(C)cccc2C(C)C)cc1S(=O)(=O)N1CCCC1. The molecule has 0 atom stereocenters. The zero-order valence-electron chi connectivity index (χ0n) is 17.0. The van der Waals surface area contributed by atoms with Crippen LogP contribution in [-0.2, 0) is 10.0 Å². The third-order valence-corrected chi connectivity index (χ3v) is 7.34. The van der Waals surface area contributed by atoms with E-state index in [2.05, 4.69) is 19.2 Å². The number of carbonyl (C=O) groups is 1. The fourth-order valence-corrected chi connectivity index (χ4v) is 5.38. The van der Waals surface area contributed by atoms with Gasteiger partial charge in [-0.3, -0.25) is 4.79 Å². The molecule has 28 heavy (non-hydrogen) atoms. The molecule has 1 N–H and O–H groups in total. The normalized spacial score (nSPS) is 15.2. The molecule has 1 aliphatic heterocycles. The second-order valence-corrected chi connectivity index (χ2v) is 9.65. The number of sulfonamides is 1. The summed E-state index contributed by atoms with van der Waals surface area (Å²) in [6, 6.07) is 10.8. The lowest BCUT2D eigenvalue weighted by Crippen LogP contribution is -2.28. The average molecular weight is 401 g/mol. The lowest BCUT2D eigenvalue weighted by Gasteiger charge is -2.19. The van der Waals surface area contributed by atoms with E-state index in [4.69, 9.17) is 0 Å². The molecule has 0 aliphatic carbocycles. The largest absolute Gasteiger partial charge is 0.321 e. The second kappa shape index (κ2) is 8.05. The molecular weight excluding hydrogens is 372 g/mol. The maximum atomic E-state index is 13.0. The quantitative estimate of drug-likeness (QED) is 0.806. The van der Waals surface area contributed by atoms with E-state index in [1.54, 1.807) is 19.1 Å². The summed E-state index contributed by atoms with van der Waals surface area (Å²) in [5.41, 5.74) is 3.84. The van der Waals surface area contributed by atoms with Crippen LogP contribution in [0.25, 0.3) is 0 Å². The molecule has 3 rings (SSSR count). The van der Waals surface area contributed by atoms with Crippen LogP contribution in [0.3, 0.4) is 0 Å². The molecular formula is C22H28N2O3S. The number of hydrogen-bond acceptors (Lipinski definition) is 3. The minimum absolute atomic E-state index is 0.218. The van der Waals surface area contributed by atoms with Crippen LogP contribution >= 0.6 is 0 Å². The molecule has 2 aromatic carbocycles. The minimum atomic E-state index is -3.57. The van der Waals surface area contributed by atoms with Crippen LogP contribution in [0.5, 0.6) is 0 Å². The summed E-state index contributed by atoms with van der Waals surface area (Å²) in [6.07, 6.45) is 1.76. The molecule has 1 heterocycles. The molecule has 5 nitrogen and oxygen atoms in total. The van der Waals surface area contributed by atoms with Crippen LogP contribution in [0, 0.1) is 13.8 Å². The maximum Gasteiger partial charge on any atom is 0.255 e. The first-order valence-corrected chi connectivity index (χ1v) is 11.2. The van der Waals surface area contributed by atoms with E-state index in [1.165, 1.54) is 10.4 Å². The monoisotopic (exact) mass is 400 g/mol. The Morgan fingerprint density at radius 1 is 1.04 bits per heavy atom. The number of amides is 1. The Balaban J connectivity index is 1.94. The maximum absolute atomic E-state index is 13.0. The fourth-order valence-electron chi connectivity index (χ4n) is 3.61. The van der Waals surface area contributed by atoms with Gasteiger partial charge in [0.2, 0.25) is 10.0 Å². The van der Waals surface area contributed by atoms with Gasteiger partial charge in [-0.1, -0.05) is 38.1 Å². The number of nitrogens with one attached hydrogen (secondary N) is 1. The zero-order chi connectivity index (χ0) is 20.5. The molecule has 0 saturated carbocycles. The van der Waals surface area contributed by atoms with E-state index in [-0.39, 0.29) is 16.7 Å². The van der Waals surface area contributed by atoms with Gasteiger partial charge in [0.15, 0.2) is 0 Å². The molecule has 0 radical (unpaired) electrons. The molecule has 0 bridgehead atoms. The average Bonchev–Trinajstić information content (AvgIpc) is 3.19. The van der Waals surface area contributed by atoms with E-state index < -0.39 is 10.0 Å². The van der Waals surface area contributed by atoms with Crippen LogP contribution in [0.1, 0.15) is 59.7 Å². The van der Waals surface area contributed by atoms with Gasteiger partial charge >= 0.3 is 0 Å². The Hall–Kier alpha value is -2.18. The number of aryl methyl sites for hydroxylation is 2. The van der Waals surface area contributed by atoms with Crippen LogP contribution < -0.4 is 5.32 Å². The molecule has 1 amide bonds. The minimum Gasteiger partial charge on any atom is -0.321 e. The molecule has 0 spiro atoms. The van der Waals surface area contributed by atoms with Crippen LogP contribution in [-0.4, -0.2) is 31.7 Å². The first-order chi connectivity index (χ1) is 13.2.